The molecule has 0 saturated heterocycles. The topological polar surface area (TPSA) is 122 Å². The second-order valence-electron chi connectivity index (χ2n) is 18.9. The van der Waals surface area contributed by atoms with Crippen LogP contribution in [0.3, 0.4) is 0 Å². The first-order chi connectivity index (χ1) is 22.8. The van der Waals surface area contributed by atoms with Crippen molar-refractivity contribution < 1.29 is 29.0 Å². The fraction of sp³-hybridized carbons (Fsp3) is 0.854. The van der Waals surface area contributed by atoms with Crippen molar-refractivity contribution in [2.45, 2.75) is 164 Å². The highest BCUT2D eigenvalue weighted by atomic mass is 16.5. The van der Waals surface area contributed by atoms with Gasteiger partial charge < -0.3 is 20.5 Å². The highest BCUT2D eigenvalue weighted by molar-refractivity contribution is 5.85. The molecule has 0 spiro atoms. The number of carboxylic acids is 1. The monoisotopic (exact) mass is 682 g/mol. The lowest BCUT2D eigenvalue weighted by Crippen LogP contribution is -2.65. The van der Waals surface area contributed by atoms with Crippen molar-refractivity contribution >= 4 is 23.8 Å². The molecule has 0 aromatic heterocycles. The number of carboxylic acid groups (broad SMARTS) is 1. The summed E-state index contributed by atoms with van der Waals surface area (Å²) in [7, 11) is 0. The van der Waals surface area contributed by atoms with Gasteiger partial charge >= 0.3 is 11.9 Å². The Morgan fingerprint density at radius 2 is 1.61 bits per heavy atom. The van der Waals surface area contributed by atoms with E-state index in [-0.39, 0.29) is 63.3 Å². The zero-order valence-electron chi connectivity index (χ0n) is 32.1. The second-order valence-corrected chi connectivity index (χ2v) is 18.9. The van der Waals surface area contributed by atoms with E-state index in [1.807, 2.05) is 6.92 Å². The predicted octanol–water partition coefficient (Wildman–Crippen LogP) is 7.99. The van der Waals surface area contributed by atoms with Crippen molar-refractivity contribution in [2.24, 2.45) is 50.2 Å². The molecule has 0 aromatic carbocycles. The molecule has 8 nitrogen and oxygen atoms in total. The molecule has 0 aliphatic heterocycles. The summed E-state index contributed by atoms with van der Waals surface area (Å²) in [5.74, 6) is -0.0612. The van der Waals surface area contributed by atoms with Gasteiger partial charge in [-0.25, -0.2) is 0 Å². The number of aliphatic carboxylic acids is 1. The first kappa shape index (κ1) is 37.9. The van der Waals surface area contributed by atoms with E-state index in [1.54, 1.807) is 0 Å². The molecule has 5 aliphatic rings. The van der Waals surface area contributed by atoms with Crippen molar-refractivity contribution in [1.29, 1.82) is 0 Å². The molecule has 49 heavy (non-hydrogen) atoms. The summed E-state index contributed by atoms with van der Waals surface area (Å²) in [6.07, 6.45) is 14.7. The number of fused-ring (bicyclic) bond motifs is 7. The van der Waals surface area contributed by atoms with Gasteiger partial charge in [-0.2, -0.15) is 0 Å². The summed E-state index contributed by atoms with van der Waals surface area (Å²) in [6.45, 7) is 21.0. The lowest BCUT2D eigenvalue weighted by molar-refractivity contribution is -0.213. The molecule has 5 rings (SSSR count). The maximum absolute atomic E-state index is 14.3. The van der Waals surface area contributed by atoms with Gasteiger partial charge in [-0.15, -0.1) is 0 Å². The van der Waals surface area contributed by atoms with Crippen LogP contribution in [-0.2, 0) is 23.9 Å². The molecule has 0 heterocycles. The zero-order valence-corrected chi connectivity index (χ0v) is 32.1. The van der Waals surface area contributed by atoms with Crippen LogP contribution in [0.2, 0.25) is 0 Å². The Labute approximate surface area is 295 Å². The third kappa shape index (κ3) is 6.38. The van der Waals surface area contributed by atoms with E-state index >= 15 is 0 Å². The first-order valence-electron chi connectivity index (χ1n) is 19.5. The summed E-state index contributed by atoms with van der Waals surface area (Å²) in [5.41, 5.74) is 1.46. The van der Waals surface area contributed by atoms with E-state index < -0.39 is 17.4 Å². The van der Waals surface area contributed by atoms with E-state index in [1.165, 1.54) is 12.5 Å². The molecule has 5 aliphatic carbocycles. The van der Waals surface area contributed by atoms with E-state index in [0.29, 0.717) is 31.2 Å². The lowest BCUT2D eigenvalue weighted by atomic mass is 9.33. The number of allylic oxidation sites excluding steroid dienone is 2. The van der Waals surface area contributed by atoms with E-state index in [9.17, 15) is 19.2 Å². The van der Waals surface area contributed by atoms with Crippen LogP contribution in [0.1, 0.15) is 152 Å². The molecule has 4 fully saturated rings. The lowest BCUT2D eigenvalue weighted by Gasteiger charge is -2.71. The molecule has 276 valence electrons. The number of carbonyl (C=O) groups excluding carboxylic acids is 3. The largest absolute Gasteiger partial charge is 0.480 e. The fourth-order valence-electron chi connectivity index (χ4n) is 12.3. The Balaban J connectivity index is 1.37. The number of hydrogen-bond acceptors (Lipinski definition) is 5. The standard InChI is InChI=1S/C41H66N2O6/c1-10-12-33(45)49-31-17-18-38(7)29(37(31,5)6)16-19-40(9)30(38)15-14-27-28-25-36(3,4)20-22-41(28,23-21-39(27,40)8)35(48)42-24-11-13-32(44)43-26(2)34(46)47/h14,26,28-31H,10-13,15-25H2,1-9H3,(H,42,48)(H,43,44)(H,46,47)/t26-,28-,29-,30+,31-,38-,39+,40+,41-/m0/s1. The number of nitrogens with one attached hydrogen (secondary N) is 2. The number of amides is 2. The minimum Gasteiger partial charge on any atom is -0.480 e. The summed E-state index contributed by atoms with van der Waals surface area (Å²) in [6, 6.07) is -0.927. The maximum atomic E-state index is 14.3. The molecular formula is C41H66N2O6. The van der Waals surface area contributed by atoms with Crippen LogP contribution in [0, 0.1) is 50.2 Å². The first-order valence-corrected chi connectivity index (χ1v) is 19.5. The van der Waals surface area contributed by atoms with Gasteiger partial charge in [0.25, 0.3) is 0 Å². The molecule has 0 bridgehead atoms. The van der Waals surface area contributed by atoms with Gasteiger partial charge in [-0.3, -0.25) is 19.2 Å². The van der Waals surface area contributed by atoms with Gasteiger partial charge in [-0.1, -0.05) is 67.0 Å². The summed E-state index contributed by atoms with van der Waals surface area (Å²) in [4.78, 5) is 50.3. The van der Waals surface area contributed by atoms with E-state index in [4.69, 9.17) is 9.84 Å². The summed E-state index contributed by atoms with van der Waals surface area (Å²) < 4.78 is 6.16. The van der Waals surface area contributed by atoms with Crippen molar-refractivity contribution in [2.75, 3.05) is 6.54 Å². The number of ether oxygens (including phenoxy) is 1. The van der Waals surface area contributed by atoms with Crippen LogP contribution in [0.25, 0.3) is 0 Å². The molecule has 9 atom stereocenters. The summed E-state index contributed by atoms with van der Waals surface area (Å²) in [5, 5.41) is 14.9. The van der Waals surface area contributed by atoms with Gasteiger partial charge in [0.05, 0.1) is 5.41 Å². The van der Waals surface area contributed by atoms with Crippen molar-refractivity contribution in [1.82, 2.24) is 10.6 Å². The summed E-state index contributed by atoms with van der Waals surface area (Å²) >= 11 is 0. The van der Waals surface area contributed by atoms with Crippen LogP contribution >= 0.6 is 0 Å². The van der Waals surface area contributed by atoms with Crippen molar-refractivity contribution in [3.8, 4) is 0 Å². The van der Waals surface area contributed by atoms with Crippen LogP contribution in [0.4, 0.5) is 0 Å². The predicted molar refractivity (Wildman–Crippen MR) is 191 cm³/mol. The third-order valence-corrected chi connectivity index (χ3v) is 15.4. The molecule has 8 heteroatoms. The van der Waals surface area contributed by atoms with Crippen LogP contribution in [0.5, 0.6) is 0 Å². The Hall–Kier alpha value is -2.38. The van der Waals surface area contributed by atoms with Gasteiger partial charge in [0.1, 0.15) is 12.1 Å². The third-order valence-electron chi connectivity index (χ3n) is 15.4. The van der Waals surface area contributed by atoms with Gasteiger partial charge in [0, 0.05) is 24.8 Å². The van der Waals surface area contributed by atoms with Crippen LogP contribution < -0.4 is 10.6 Å². The van der Waals surface area contributed by atoms with Crippen LogP contribution in [0.15, 0.2) is 11.6 Å². The number of carbonyl (C=O) groups is 4. The zero-order chi connectivity index (χ0) is 36.2. The van der Waals surface area contributed by atoms with Gasteiger partial charge in [0.15, 0.2) is 0 Å². The molecule has 3 N–H and O–H groups in total. The maximum Gasteiger partial charge on any atom is 0.325 e. The Kier molecular flexibility index (Phi) is 10.3. The molecule has 0 aromatic rings. The van der Waals surface area contributed by atoms with E-state index in [0.717, 1.165) is 70.6 Å². The number of esters is 1. The average molecular weight is 683 g/mol. The highest BCUT2D eigenvalue weighted by Gasteiger charge is 2.69. The SMILES string of the molecule is CCCC(=O)O[C@H]1CC[C@]2(C)[C@H]3CC=C4[C@@H]5CC(C)(C)CC[C@]5(C(=O)NCCCC(=O)N[C@@H](C)C(=O)O)CC[C@@]4(C)[C@]3(C)CC[C@H]2C1(C)C. The Bertz CT molecular complexity index is 1350. The number of hydrogen-bond donors (Lipinski definition) is 3. The van der Waals surface area contributed by atoms with Crippen molar-refractivity contribution in [3.05, 3.63) is 11.6 Å². The molecule has 4 saturated carbocycles. The fourth-order valence-corrected chi connectivity index (χ4v) is 12.3. The smallest absolute Gasteiger partial charge is 0.325 e. The highest BCUT2D eigenvalue weighted by Crippen LogP contribution is 2.75. The van der Waals surface area contributed by atoms with E-state index in [2.05, 4.69) is 65.2 Å². The second kappa shape index (κ2) is 13.3. The van der Waals surface area contributed by atoms with Crippen LogP contribution in [-0.4, -0.2) is 47.6 Å². The van der Waals surface area contributed by atoms with Gasteiger partial charge in [0.2, 0.25) is 11.8 Å². The molecule has 2 amide bonds. The van der Waals surface area contributed by atoms with Crippen molar-refractivity contribution in [3.63, 3.8) is 0 Å². The molecule has 0 radical (unpaired) electrons. The normalized spacial score (nSPS) is 39.4. The minimum absolute atomic E-state index is 0.0132. The number of rotatable bonds is 10. The van der Waals surface area contributed by atoms with Gasteiger partial charge in [-0.05, 0) is 123 Å². The minimum atomic E-state index is -1.06. The Morgan fingerprint density at radius 3 is 2.29 bits per heavy atom. The average Bonchev–Trinajstić information content (AvgIpc) is 3.00. The quantitative estimate of drug-likeness (QED) is 0.122. The Morgan fingerprint density at radius 1 is 0.918 bits per heavy atom. The molecule has 0 unspecified atom stereocenters. The molecular weight excluding hydrogens is 616 g/mol.